The van der Waals surface area contributed by atoms with Crippen molar-refractivity contribution in [1.29, 1.82) is 26.5 Å². The smallest absolute Gasteiger partial charge is 0.146 e. The molecule has 0 bridgehead atoms. The van der Waals surface area contributed by atoms with E-state index in [2.05, 4.69) is 17.2 Å². The van der Waals surface area contributed by atoms with Crippen LogP contribution in [0.2, 0.25) is 0 Å². The van der Waals surface area contributed by atoms with Gasteiger partial charge in [0.2, 0.25) is 0 Å². The molecule has 1 aliphatic rings. The number of allylic oxidation sites excluding steroid dienone is 4. The van der Waals surface area contributed by atoms with Crippen LogP contribution in [-0.4, -0.2) is 11.4 Å². The van der Waals surface area contributed by atoms with Crippen molar-refractivity contribution in [2.24, 2.45) is 4.40 Å². The van der Waals surface area contributed by atoms with Crippen LogP contribution in [0.4, 0.5) is 0 Å². The fraction of sp³-hybridized carbons (Fsp3) is 0. The maximum atomic E-state index is 9.01. The number of hydrogen-bond acceptors (Lipinski definition) is 9. The first-order valence-electron chi connectivity index (χ1n) is 8.52. The third-order valence-electron chi connectivity index (χ3n) is 4.13. The van der Waals surface area contributed by atoms with E-state index in [1.165, 1.54) is 22.7 Å². The highest BCUT2D eigenvalue weighted by Crippen LogP contribution is 2.17. The van der Waals surface area contributed by atoms with Gasteiger partial charge in [-0.05, 0) is 49.2 Å². The maximum absolute atomic E-state index is 9.01. The Balaban J connectivity index is 2.08. The summed E-state index contributed by atoms with van der Waals surface area (Å²) in [5.74, 6) is 0. The molecule has 1 N–H and O–H groups in total. The van der Waals surface area contributed by atoms with Gasteiger partial charge < -0.3 is 0 Å². The largest absolute Gasteiger partial charge is 0.298 e. The number of nitrogens with one attached hydrogen (secondary N) is 1. The van der Waals surface area contributed by atoms with Crippen molar-refractivity contribution >= 4 is 70.2 Å². The molecule has 0 fully saturated rings. The van der Waals surface area contributed by atoms with Crippen LogP contribution in [0.5, 0.6) is 0 Å². The van der Waals surface area contributed by atoms with Crippen molar-refractivity contribution in [3.8, 4) is 24.3 Å². The molecule has 0 saturated heterocycles. The van der Waals surface area contributed by atoms with Crippen LogP contribution in [0.3, 0.4) is 0 Å². The van der Waals surface area contributed by atoms with E-state index in [0.717, 1.165) is 9.06 Å². The molecule has 2 aromatic rings. The standard InChI is InChI=1S/C22H10N6S3/c23-9-15(10-24)19-5-3-17(30-19)7-13-1-2-14(22(28-29)21(13)27)8-18-4-6-20(31-18)16(11-25)12-26/h1-8,27,29H/b17-7+,18-8+,27-21?,28-22-. The molecule has 0 amide bonds. The maximum Gasteiger partial charge on any atom is 0.146 e. The van der Waals surface area contributed by atoms with E-state index in [9.17, 15) is 0 Å². The number of thiophene rings is 2. The first-order chi connectivity index (χ1) is 15.0. The second-order valence-electron chi connectivity index (χ2n) is 5.96. The summed E-state index contributed by atoms with van der Waals surface area (Å²) >= 11 is 6.62. The molecule has 2 heterocycles. The van der Waals surface area contributed by atoms with Crippen LogP contribution in [0, 0.1) is 50.7 Å². The summed E-state index contributed by atoms with van der Waals surface area (Å²) in [4.78, 5) is 0. The molecule has 0 aromatic carbocycles. The van der Waals surface area contributed by atoms with Gasteiger partial charge in [0.15, 0.2) is 0 Å². The molecule has 31 heavy (non-hydrogen) atoms. The summed E-state index contributed by atoms with van der Waals surface area (Å²) in [5.41, 5.74) is 1.97. The van der Waals surface area contributed by atoms with Crippen molar-refractivity contribution in [1.82, 2.24) is 0 Å². The molecule has 0 aliphatic heterocycles. The monoisotopic (exact) mass is 454 g/mol. The zero-order chi connectivity index (χ0) is 22.4. The minimum absolute atomic E-state index is 0.0512. The second-order valence-corrected chi connectivity index (χ2v) is 8.39. The summed E-state index contributed by atoms with van der Waals surface area (Å²) < 4.78 is 6.73. The Morgan fingerprint density at radius 1 is 0.806 bits per heavy atom. The van der Waals surface area contributed by atoms with Gasteiger partial charge >= 0.3 is 0 Å². The van der Waals surface area contributed by atoms with Gasteiger partial charge in [-0.3, -0.25) is 5.41 Å². The topological polar surface area (TPSA) is 131 Å². The summed E-state index contributed by atoms with van der Waals surface area (Å²) in [6, 6.07) is 14.5. The van der Waals surface area contributed by atoms with Gasteiger partial charge in [-0.15, -0.1) is 22.7 Å². The van der Waals surface area contributed by atoms with Crippen molar-refractivity contribution < 1.29 is 0 Å². The third kappa shape index (κ3) is 4.61. The van der Waals surface area contributed by atoms with E-state index in [1.807, 2.05) is 36.4 Å². The van der Waals surface area contributed by atoms with E-state index in [4.69, 9.17) is 26.5 Å². The number of nitriles is 4. The summed E-state index contributed by atoms with van der Waals surface area (Å²) in [5, 5.41) is 44.5. The molecule has 0 atom stereocenters. The van der Waals surface area contributed by atoms with Crippen LogP contribution < -0.4 is 18.1 Å². The quantitative estimate of drug-likeness (QED) is 0.527. The number of thiol groups is 1. The highest BCUT2D eigenvalue weighted by Gasteiger charge is 2.17. The number of nitrogens with zero attached hydrogens (tertiary/aromatic N) is 5. The molecule has 6 nitrogen and oxygen atoms in total. The molecule has 0 unspecified atom stereocenters. The summed E-state index contributed by atoms with van der Waals surface area (Å²) in [6.45, 7) is 0. The lowest BCUT2D eigenvalue weighted by Crippen LogP contribution is -2.20. The minimum atomic E-state index is 0.0512. The number of hydrogen-bond donors (Lipinski definition) is 2. The van der Waals surface area contributed by atoms with E-state index in [1.54, 1.807) is 36.4 Å². The highest BCUT2D eigenvalue weighted by atomic mass is 32.1. The summed E-state index contributed by atoms with van der Waals surface area (Å²) in [6.07, 6.45) is 7.21. The molecule has 1 aliphatic carbocycles. The summed E-state index contributed by atoms with van der Waals surface area (Å²) in [7, 11) is 0. The van der Waals surface area contributed by atoms with Crippen LogP contribution in [0.15, 0.2) is 52.0 Å². The van der Waals surface area contributed by atoms with Gasteiger partial charge in [-0.25, -0.2) is 4.40 Å². The van der Waals surface area contributed by atoms with Gasteiger partial charge in [0.05, 0.1) is 14.8 Å². The SMILES string of the molecule is N#CC(C#N)=c1cc/c(=C\C2=CC=C(/C=c3\ccc(=C(C#N)C#N)s3)/C(=N/S)C2=N)s1. The van der Waals surface area contributed by atoms with Gasteiger partial charge in [-0.2, -0.15) is 21.0 Å². The highest BCUT2D eigenvalue weighted by molar-refractivity contribution is 7.79. The zero-order valence-electron chi connectivity index (χ0n) is 15.6. The van der Waals surface area contributed by atoms with Gasteiger partial charge in [0.1, 0.15) is 41.1 Å². The first kappa shape index (κ1) is 21.7. The van der Waals surface area contributed by atoms with Crippen LogP contribution in [0.1, 0.15) is 0 Å². The Hall–Kier alpha value is -3.99. The van der Waals surface area contributed by atoms with Crippen molar-refractivity contribution in [2.75, 3.05) is 0 Å². The normalized spacial score (nSPS) is 15.4. The molecule has 2 aromatic heterocycles. The fourth-order valence-electron chi connectivity index (χ4n) is 2.67. The Morgan fingerprint density at radius 3 is 1.71 bits per heavy atom. The van der Waals surface area contributed by atoms with E-state index < -0.39 is 0 Å². The zero-order valence-corrected chi connectivity index (χ0v) is 18.1. The predicted octanol–water partition coefficient (Wildman–Crippen LogP) is 1.64. The molecule has 0 saturated carbocycles. The van der Waals surface area contributed by atoms with Crippen molar-refractivity contribution in [3.05, 3.63) is 65.7 Å². The molecule has 146 valence electrons. The predicted molar refractivity (Wildman–Crippen MR) is 126 cm³/mol. The average molecular weight is 455 g/mol. The third-order valence-corrected chi connectivity index (χ3v) is 6.43. The number of rotatable bonds is 2. The van der Waals surface area contributed by atoms with E-state index in [0.29, 0.717) is 25.9 Å². The van der Waals surface area contributed by atoms with Crippen molar-refractivity contribution in [3.63, 3.8) is 0 Å². The van der Waals surface area contributed by atoms with E-state index >= 15 is 0 Å². The second kappa shape index (κ2) is 9.67. The average Bonchev–Trinajstić information content (AvgIpc) is 3.42. The molecular formula is C22H10N6S3. The fourth-order valence-corrected chi connectivity index (χ4v) is 4.70. The lowest BCUT2D eigenvalue weighted by molar-refractivity contribution is 1.51. The van der Waals surface area contributed by atoms with Crippen LogP contribution in [0.25, 0.3) is 23.3 Å². The Bertz CT molecular complexity index is 1570. The van der Waals surface area contributed by atoms with Gasteiger partial charge in [0, 0.05) is 20.2 Å². The lowest BCUT2D eigenvalue weighted by atomic mass is 9.94. The van der Waals surface area contributed by atoms with Crippen molar-refractivity contribution in [2.45, 2.75) is 0 Å². The lowest BCUT2D eigenvalue weighted by Gasteiger charge is -2.13. The van der Waals surface area contributed by atoms with Gasteiger partial charge in [-0.1, -0.05) is 12.2 Å². The Labute approximate surface area is 190 Å². The Morgan fingerprint density at radius 2 is 1.26 bits per heavy atom. The van der Waals surface area contributed by atoms with Crippen LogP contribution >= 0.6 is 35.5 Å². The Kier molecular flexibility index (Phi) is 6.78. The molecule has 3 rings (SSSR count). The van der Waals surface area contributed by atoms with Crippen LogP contribution in [-0.2, 0) is 0 Å². The van der Waals surface area contributed by atoms with E-state index in [-0.39, 0.29) is 16.9 Å². The molecule has 0 radical (unpaired) electrons. The minimum Gasteiger partial charge on any atom is -0.298 e. The first-order valence-corrected chi connectivity index (χ1v) is 10.6. The molecular weight excluding hydrogens is 444 g/mol. The molecule has 0 spiro atoms. The van der Waals surface area contributed by atoms with Gasteiger partial charge in [0.25, 0.3) is 0 Å². The molecule has 9 heteroatoms.